The Hall–Kier alpha value is -1.36. The van der Waals surface area contributed by atoms with Crippen LogP contribution in [0.5, 0.6) is 11.5 Å². The van der Waals surface area contributed by atoms with Crippen LogP contribution in [0.15, 0.2) is 52.3 Å². The van der Waals surface area contributed by atoms with Gasteiger partial charge in [-0.2, -0.15) is 0 Å². The van der Waals surface area contributed by atoms with Crippen LogP contribution in [0.2, 0.25) is 0 Å². The number of rotatable bonds is 6. The Labute approximate surface area is 136 Å². The van der Waals surface area contributed by atoms with Crippen molar-refractivity contribution in [2.75, 3.05) is 20.8 Å². The maximum Gasteiger partial charge on any atom is 0.174 e. The SMILES string of the molecule is COc1ccc(CCN)c(Sc2ccccc2)c1OC.Cl. The summed E-state index contributed by atoms with van der Waals surface area (Å²) in [4.78, 5) is 2.24. The van der Waals surface area contributed by atoms with Crippen LogP contribution in [-0.4, -0.2) is 20.8 Å². The maximum atomic E-state index is 5.70. The number of halogens is 1. The minimum absolute atomic E-state index is 0. The van der Waals surface area contributed by atoms with Gasteiger partial charge in [-0.05, 0) is 36.7 Å². The van der Waals surface area contributed by atoms with Crippen molar-refractivity contribution < 1.29 is 9.47 Å². The smallest absolute Gasteiger partial charge is 0.174 e. The van der Waals surface area contributed by atoms with Crippen LogP contribution < -0.4 is 15.2 Å². The summed E-state index contributed by atoms with van der Waals surface area (Å²) in [6.07, 6.45) is 0.815. The van der Waals surface area contributed by atoms with Crippen LogP contribution in [0.1, 0.15) is 5.56 Å². The highest BCUT2D eigenvalue weighted by Gasteiger charge is 2.15. The molecule has 0 heterocycles. The number of nitrogens with two attached hydrogens (primary N) is 1. The summed E-state index contributed by atoms with van der Waals surface area (Å²) in [5.74, 6) is 1.51. The van der Waals surface area contributed by atoms with E-state index in [1.165, 1.54) is 5.56 Å². The summed E-state index contributed by atoms with van der Waals surface area (Å²) in [6.45, 7) is 0.609. The van der Waals surface area contributed by atoms with Gasteiger partial charge in [0.1, 0.15) is 0 Å². The molecule has 2 aromatic rings. The zero-order valence-corrected chi connectivity index (χ0v) is 13.8. The first-order valence-electron chi connectivity index (χ1n) is 6.47. The van der Waals surface area contributed by atoms with Gasteiger partial charge in [-0.15, -0.1) is 12.4 Å². The van der Waals surface area contributed by atoms with Crippen LogP contribution in [0.4, 0.5) is 0 Å². The van der Waals surface area contributed by atoms with Gasteiger partial charge >= 0.3 is 0 Å². The number of hydrogen-bond donors (Lipinski definition) is 1. The molecule has 3 nitrogen and oxygen atoms in total. The van der Waals surface area contributed by atoms with Gasteiger partial charge in [0.05, 0.1) is 19.1 Å². The van der Waals surface area contributed by atoms with Crippen LogP contribution >= 0.6 is 24.2 Å². The molecule has 2 rings (SSSR count). The lowest BCUT2D eigenvalue weighted by molar-refractivity contribution is 0.347. The summed E-state index contributed by atoms with van der Waals surface area (Å²) in [6, 6.07) is 14.2. The van der Waals surface area contributed by atoms with Gasteiger partial charge in [0.15, 0.2) is 11.5 Å². The molecule has 0 aliphatic heterocycles. The van der Waals surface area contributed by atoms with Gasteiger partial charge in [0.2, 0.25) is 0 Å². The second-order valence-electron chi connectivity index (χ2n) is 4.24. The largest absolute Gasteiger partial charge is 0.493 e. The van der Waals surface area contributed by atoms with Crippen molar-refractivity contribution in [3.8, 4) is 11.5 Å². The van der Waals surface area contributed by atoms with Crippen molar-refractivity contribution in [1.82, 2.24) is 0 Å². The Morgan fingerprint density at radius 3 is 2.29 bits per heavy atom. The monoisotopic (exact) mass is 325 g/mol. The highest BCUT2D eigenvalue weighted by molar-refractivity contribution is 7.99. The lowest BCUT2D eigenvalue weighted by Gasteiger charge is -2.16. The van der Waals surface area contributed by atoms with Crippen LogP contribution in [0, 0.1) is 0 Å². The highest BCUT2D eigenvalue weighted by atomic mass is 35.5. The van der Waals surface area contributed by atoms with Crippen molar-refractivity contribution in [2.24, 2.45) is 5.73 Å². The summed E-state index contributed by atoms with van der Waals surface area (Å²) in [7, 11) is 3.32. The zero-order valence-electron chi connectivity index (χ0n) is 12.2. The number of benzene rings is 2. The van der Waals surface area contributed by atoms with E-state index < -0.39 is 0 Å². The van der Waals surface area contributed by atoms with Crippen molar-refractivity contribution in [1.29, 1.82) is 0 Å². The second kappa shape index (κ2) is 8.82. The average molecular weight is 326 g/mol. The van der Waals surface area contributed by atoms with E-state index in [0.29, 0.717) is 6.54 Å². The van der Waals surface area contributed by atoms with Gasteiger partial charge < -0.3 is 15.2 Å². The van der Waals surface area contributed by atoms with Gasteiger partial charge in [-0.3, -0.25) is 0 Å². The molecule has 0 saturated carbocycles. The third-order valence-electron chi connectivity index (χ3n) is 2.96. The number of ether oxygens (including phenoxy) is 2. The fourth-order valence-electron chi connectivity index (χ4n) is 2.01. The van der Waals surface area contributed by atoms with Crippen LogP contribution in [0.3, 0.4) is 0 Å². The Morgan fingerprint density at radius 1 is 1.00 bits per heavy atom. The quantitative estimate of drug-likeness (QED) is 0.878. The molecule has 0 bridgehead atoms. The lowest BCUT2D eigenvalue weighted by Crippen LogP contribution is -2.05. The Kier molecular flexibility index (Phi) is 7.43. The first-order valence-corrected chi connectivity index (χ1v) is 7.28. The molecular formula is C16H20ClNO2S. The normalized spacial score (nSPS) is 9.86. The second-order valence-corrected chi connectivity index (χ2v) is 5.33. The minimum atomic E-state index is 0. The molecule has 0 saturated heterocycles. The highest BCUT2D eigenvalue weighted by Crippen LogP contribution is 2.43. The molecule has 0 fully saturated rings. The summed E-state index contributed by atoms with van der Waals surface area (Å²) in [5.41, 5.74) is 6.88. The summed E-state index contributed by atoms with van der Waals surface area (Å²) >= 11 is 1.67. The molecule has 0 aromatic heterocycles. The van der Waals surface area contributed by atoms with Crippen molar-refractivity contribution in [2.45, 2.75) is 16.2 Å². The molecule has 21 heavy (non-hydrogen) atoms. The van der Waals surface area contributed by atoms with Crippen LogP contribution in [-0.2, 0) is 6.42 Å². The molecule has 2 N–H and O–H groups in total. The predicted octanol–water partition coefficient (Wildman–Crippen LogP) is 3.78. The summed E-state index contributed by atoms with van der Waals surface area (Å²) < 4.78 is 10.9. The number of hydrogen-bond acceptors (Lipinski definition) is 4. The van der Waals surface area contributed by atoms with Gasteiger partial charge in [-0.1, -0.05) is 36.0 Å². The molecular weight excluding hydrogens is 306 g/mol. The standard InChI is InChI=1S/C16H19NO2S.ClH/c1-18-14-9-8-12(10-11-17)16(15(14)19-2)20-13-6-4-3-5-7-13;/h3-9H,10-11,17H2,1-2H3;1H. The van der Waals surface area contributed by atoms with Gasteiger partial charge in [0.25, 0.3) is 0 Å². The topological polar surface area (TPSA) is 44.5 Å². The van der Waals surface area contributed by atoms with Crippen molar-refractivity contribution >= 4 is 24.2 Å². The first kappa shape index (κ1) is 17.7. The van der Waals surface area contributed by atoms with E-state index in [1.54, 1.807) is 26.0 Å². The Balaban J connectivity index is 0.00000220. The van der Waals surface area contributed by atoms with E-state index in [-0.39, 0.29) is 12.4 Å². The summed E-state index contributed by atoms with van der Waals surface area (Å²) in [5, 5.41) is 0. The van der Waals surface area contributed by atoms with Crippen molar-refractivity contribution in [3.63, 3.8) is 0 Å². The van der Waals surface area contributed by atoms with E-state index in [2.05, 4.69) is 18.2 Å². The minimum Gasteiger partial charge on any atom is -0.493 e. The van der Waals surface area contributed by atoms with E-state index in [4.69, 9.17) is 15.2 Å². The third-order valence-corrected chi connectivity index (χ3v) is 4.12. The van der Waals surface area contributed by atoms with Gasteiger partial charge in [-0.25, -0.2) is 0 Å². The van der Waals surface area contributed by atoms with E-state index in [9.17, 15) is 0 Å². The molecule has 5 heteroatoms. The zero-order chi connectivity index (χ0) is 14.4. The molecule has 0 radical (unpaired) electrons. The molecule has 0 aliphatic rings. The average Bonchev–Trinajstić information content (AvgIpc) is 2.49. The van der Waals surface area contributed by atoms with E-state index >= 15 is 0 Å². The molecule has 0 atom stereocenters. The Bertz CT molecular complexity index is 564. The molecule has 0 spiro atoms. The molecule has 0 aliphatic carbocycles. The fraction of sp³-hybridized carbons (Fsp3) is 0.250. The van der Waals surface area contributed by atoms with Crippen LogP contribution in [0.25, 0.3) is 0 Å². The predicted molar refractivity (Wildman–Crippen MR) is 90.1 cm³/mol. The Morgan fingerprint density at radius 2 is 1.71 bits per heavy atom. The third kappa shape index (κ3) is 4.30. The lowest BCUT2D eigenvalue weighted by atomic mass is 10.1. The van der Waals surface area contributed by atoms with Gasteiger partial charge in [0, 0.05) is 4.90 Å². The van der Waals surface area contributed by atoms with E-state index in [1.807, 2.05) is 24.3 Å². The van der Waals surface area contributed by atoms with Crippen molar-refractivity contribution in [3.05, 3.63) is 48.0 Å². The molecule has 0 amide bonds. The fourth-order valence-corrected chi connectivity index (χ4v) is 3.12. The van der Waals surface area contributed by atoms with E-state index in [0.717, 1.165) is 27.7 Å². The first-order chi connectivity index (χ1) is 9.80. The molecule has 114 valence electrons. The molecule has 2 aromatic carbocycles. The number of methoxy groups -OCH3 is 2. The maximum absolute atomic E-state index is 5.70. The molecule has 0 unspecified atom stereocenters.